The highest BCUT2D eigenvalue weighted by Gasteiger charge is 2.40. The van der Waals surface area contributed by atoms with E-state index >= 15 is 0 Å². The molecule has 3 aliphatic rings. The van der Waals surface area contributed by atoms with Gasteiger partial charge in [-0.1, -0.05) is 315 Å². The maximum absolute atomic E-state index is 9.50. The largest absolute Gasteiger partial charge is 0.310 e. The van der Waals surface area contributed by atoms with Crippen LogP contribution >= 0.6 is 0 Å². The summed E-state index contributed by atoms with van der Waals surface area (Å²) < 4.78 is 7.10. The number of benzene rings is 20. The van der Waals surface area contributed by atoms with Crippen LogP contribution in [0.5, 0.6) is 0 Å². The molecule has 7 nitrogen and oxygen atoms in total. The zero-order valence-corrected chi connectivity index (χ0v) is 76.1. The van der Waals surface area contributed by atoms with Crippen LogP contribution in [0.4, 0.5) is 51.2 Å². The first-order chi connectivity index (χ1) is 66.2. The van der Waals surface area contributed by atoms with Crippen LogP contribution in [0, 0.1) is 11.3 Å². The Morgan fingerprint density at radius 2 is 0.452 bits per heavy atom. The van der Waals surface area contributed by atoms with Gasteiger partial charge in [-0.3, -0.25) is 0 Å². The molecule has 0 saturated heterocycles. The topological polar surface area (TPSA) is 48.3 Å². The Morgan fingerprint density at radius 1 is 0.193 bits per heavy atom. The number of hydrogen-bond donors (Lipinski definition) is 0. The number of para-hydroxylation sites is 6. The molecule has 0 atom stereocenters. The predicted molar refractivity (Wildman–Crippen MR) is 567 cm³/mol. The van der Waals surface area contributed by atoms with Crippen molar-refractivity contribution < 1.29 is 0 Å². The van der Waals surface area contributed by atoms with Gasteiger partial charge >= 0.3 is 0 Å². The van der Waals surface area contributed by atoms with Gasteiger partial charge in [0.05, 0.1) is 44.7 Å². The van der Waals surface area contributed by atoms with Crippen molar-refractivity contribution in [3.8, 4) is 67.6 Å². The lowest BCUT2D eigenvalue weighted by Crippen LogP contribution is -2.16. The fourth-order valence-corrected chi connectivity index (χ4v) is 22.1. The summed E-state index contributed by atoms with van der Waals surface area (Å²) in [5.41, 5.74) is 39.7. The highest BCUT2D eigenvalue weighted by molar-refractivity contribution is 6.14. The summed E-state index contributed by atoms with van der Waals surface area (Å²) in [6, 6.07) is 171. The van der Waals surface area contributed by atoms with Crippen molar-refractivity contribution in [2.45, 2.75) is 57.8 Å². The molecule has 26 rings (SSSR count). The van der Waals surface area contributed by atoms with Crippen molar-refractivity contribution in [3.63, 3.8) is 0 Å². The quantitative estimate of drug-likeness (QED) is 0.115. The Hall–Kier alpha value is -17.1. The average molecular weight is 1730 g/mol. The Morgan fingerprint density at radius 3 is 0.830 bits per heavy atom. The molecule has 0 fully saturated rings. The molecule has 0 radical (unpaired) electrons. The molecule has 0 unspecified atom stereocenters. The van der Waals surface area contributed by atoms with Gasteiger partial charge in [-0.2, -0.15) is 5.26 Å². The molecule has 642 valence electrons. The highest BCUT2D eigenvalue weighted by atomic mass is 15.2. The Labute approximate surface area is 787 Å². The van der Waals surface area contributed by atoms with E-state index in [0.717, 1.165) is 56.9 Å². The van der Waals surface area contributed by atoms with Crippen LogP contribution in [-0.4, -0.2) is 13.7 Å². The smallest absolute Gasteiger partial charge is 0.0991 e. The summed E-state index contributed by atoms with van der Waals surface area (Å²) in [4.78, 5) is 7.16. The standard InChI is InChI=1S/C45H34N2.C43H32N2.C40H29N3/c1-45(2)41-19-11-9-17-37(41)38-27-25-36(30-42(38)45)46(34-23-21-32(22-24-34)31-13-5-3-6-14-31)35-26-28-44-40(29-35)39-18-10-12-20-43(39)47(44)33-15-7-4-8-16-33;1-43(2)39-18-10-8-16-35(39)36-24-22-34(28-40(36)43)44(32-21-20-29-12-6-7-13-30(29)26-32)33-23-25-42-38(27-33)37-17-9-11-19-41(37)45(42)31-14-4-3-5-15-31;1-40(2)36-14-8-6-12-32(36)33-22-20-31(25-37(33)40)42(29-18-16-27(26-41)17-19-29)30-21-23-39-35(24-30)34-13-7-9-15-38(34)43(39)28-10-4-3-5-11-28/h3-30H,1-2H3;3-28H,1-2H3;3-25H,1-2H3. The minimum atomic E-state index is -0.106. The number of rotatable bonds is 13. The Kier molecular flexibility index (Phi) is 19.5. The van der Waals surface area contributed by atoms with Crippen molar-refractivity contribution in [3.05, 3.63) is 506 Å². The third-order valence-corrected chi connectivity index (χ3v) is 28.7. The van der Waals surface area contributed by atoms with Gasteiger partial charge in [0.25, 0.3) is 0 Å². The first kappa shape index (κ1) is 81.2. The molecular weight excluding hydrogens is 1640 g/mol. The molecule has 23 aromatic rings. The number of nitrogens with zero attached hydrogens (tertiary/aromatic N) is 7. The molecule has 20 aromatic carbocycles. The molecule has 3 heterocycles. The van der Waals surface area contributed by atoms with E-state index in [-0.39, 0.29) is 16.2 Å². The van der Waals surface area contributed by atoms with Crippen LogP contribution in [0.1, 0.15) is 80.5 Å². The maximum Gasteiger partial charge on any atom is 0.0991 e. The highest BCUT2D eigenvalue weighted by Crippen LogP contribution is 2.56. The van der Waals surface area contributed by atoms with Crippen LogP contribution in [0.25, 0.3) is 138 Å². The van der Waals surface area contributed by atoms with E-state index in [0.29, 0.717) is 5.56 Å². The van der Waals surface area contributed by atoms with Crippen LogP contribution in [0.2, 0.25) is 0 Å². The van der Waals surface area contributed by atoms with Gasteiger partial charge in [0, 0.05) is 117 Å². The molecule has 7 heteroatoms. The Balaban J connectivity index is 0.000000111. The lowest BCUT2D eigenvalue weighted by Gasteiger charge is -2.28. The molecule has 3 aromatic heterocycles. The van der Waals surface area contributed by atoms with Crippen molar-refractivity contribution in [2.24, 2.45) is 0 Å². The second kappa shape index (κ2) is 32.5. The maximum atomic E-state index is 9.50. The van der Waals surface area contributed by atoms with E-state index in [9.17, 15) is 5.26 Å². The normalized spacial score (nSPS) is 13.1. The lowest BCUT2D eigenvalue weighted by atomic mass is 9.82. The van der Waals surface area contributed by atoms with Gasteiger partial charge in [0.15, 0.2) is 0 Å². The summed E-state index contributed by atoms with van der Waals surface area (Å²) in [7, 11) is 0. The second-order valence-corrected chi connectivity index (χ2v) is 37.5. The lowest BCUT2D eigenvalue weighted by molar-refractivity contribution is 0.660. The summed E-state index contributed by atoms with van der Waals surface area (Å²) in [6.45, 7) is 14.0. The fraction of sp³-hybridized carbons (Fsp3) is 0.0703. The van der Waals surface area contributed by atoms with Gasteiger partial charge < -0.3 is 28.4 Å². The van der Waals surface area contributed by atoms with E-state index in [1.54, 1.807) is 0 Å². The predicted octanol–water partition coefficient (Wildman–Crippen LogP) is 34.4. The van der Waals surface area contributed by atoms with Crippen LogP contribution in [-0.2, 0) is 16.2 Å². The van der Waals surface area contributed by atoms with E-state index in [2.05, 4.69) is 519 Å². The van der Waals surface area contributed by atoms with Gasteiger partial charge in [-0.25, -0.2) is 0 Å². The zero-order valence-electron chi connectivity index (χ0n) is 76.1. The first-order valence-corrected chi connectivity index (χ1v) is 46.7. The SMILES string of the molecule is CC1(C)c2ccccc2-c2ccc(N(c3ccc(-c4ccccc4)cc3)c3ccc4c(c3)c3ccccc3n4-c3ccccc3)cc21.CC1(C)c2ccccc2-c2ccc(N(c3ccc(C#N)cc3)c3ccc4c(c3)c3ccccc3n4-c3ccccc3)cc21.CC1(C)c2ccccc2-c2ccc(N(c3ccc4ccccc4c3)c3ccc4c(c3)c3ccccc3n4-c3ccccc3)cc21. The Bertz CT molecular complexity index is 8650. The average Bonchev–Trinajstić information content (AvgIpc) is 1.58. The van der Waals surface area contributed by atoms with Crippen molar-refractivity contribution in [1.29, 1.82) is 5.26 Å². The van der Waals surface area contributed by atoms with E-state index < -0.39 is 0 Å². The molecule has 0 N–H and O–H groups in total. The minimum Gasteiger partial charge on any atom is -0.310 e. The van der Waals surface area contributed by atoms with Crippen LogP contribution in [0.15, 0.2) is 467 Å². The van der Waals surface area contributed by atoms with Gasteiger partial charge in [0.1, 0.15) is 0 Å². The van der Waals surface area contributed by atoms with E-state index in [4.69, 9.17) is 0 Å². The van der Waals surface area contributed by atoms with Gasteiger partial charge in [0.2, 0.25) is 0 Å². The summed E-state index contributed by atoms with van der Waals surface area (Å²) >= 11 is 0. The number of aromatic nitrogens is 3. The molecular formula is C128H95N7. The summed E-state index contributed by atoms with van der Waals surface area (Å²) in [5, 5.41) is 19.4. The molecule has 0 saturated carbocycles. The van der Waals surface area contributed by atoms with E-state index in [1.807, 2.05) is 24.3 Å². The van der Waals surface area contributed by atoms with Gasteiger partial charge in [-0.15, -0.1) is 0 Å². The van der Waals surface area contributed by atoms with Gasteiger partial charge in [-0.05, 0) is 283 Å². The van der Waals surface area contributed by atoms with Crippen molar-refractivity contribution in [2.75, 3.05) is 14.7 Å². The first-order valence-electron chi connectivity index (χ1n) is 46.7. The second-order valence-electron chi connectivity index (χ2n) is 37.5. The monoisotopic (exact) mass is 1730 g/mol. The number of anilines is 9. The molecule has 0 aliphatic heterocycles. The number of nitriles is 1. The molecule has 0 spiro atoms. The van der Waals surface area contributed by atoms with Crippen molar-refractivity contribution >= 4 is 127 Å². The summed E-state index contributed by atoms with van der Waals surface area (Å²) in [5.74, 6) is 0. The third kappa shape index (κ3) is 13.6. The molecule has 0 amide bonds. The zero-order chi connectivity index (χ0) is 90.8. The minimum absolute atomic E-state index is 0.0793. The van der Waals surface area contributed by atoms with Crippen molar-refractivity contribution in [1.82, 2.24) is 13.7 Å². The fourth-order valence-electron chi connectivity index (χ4n) is 22.1. The molecule has 3 aliphatic carbocycles. The molecule has 0 bridgehead atoms. The van der Waals surface area contributed by atoms with Crippen LogP contribution < -0.4 is 14.7 Å². The third-order valence-electron chi connectivity index (χ3n) is 28.7. The van der Waals surface area contributed by atoms with Crippen LogP contribution in [0.3, 0.4) is 0 Å². The molecule has 135 heavy (non-hydrogen) atoms. The number of hydrogen-bond acceptors (Lipinski definition) is 4. The van der Waals surface area contributed by atoms with E-state index in [1.165, 1.54) is 165 Å². The number of fused-ring (bicyclic) bond motifs is 19. The summed E-state index contributed by atoms with van der Waals surface area (Å²) in [6.07, 6.45) is 0.